The van der Waals surface area contributed by atoms with Crippen LogP contribution >= 0.6 is 0 Å². The van der Waals surface area contributed by atoms with Crippen molar-refractivity contribution < 1.29 is 9.26 Å². The summed E-state index contributed by atoms with van der Waals surface area (Å²) in [5.41, 5.74) is 4.84. The summed E-state index contributed by atoms with van der Waals surface area (Å²) in [5, 5.41) is 4.17. The van der Waals surface area contributed by atoms with Crippen LogP contribution in [0.5, 0.6) is 5.75 Å². The molecule has 2 heterocycles. The third kappa shape index (κ3) is 2.73. The minimum atomic E-state index is 0.332. The standard InChI is InChI=1S/C20H20N4O2/c1-12(2)24-11-21-17-8-5-14(10-18(17)24)19-22-20(26-23-19)16-7-6-15(25-4)9-13(16)3/h5-12H,1-4H3. The van der Waals surface area contributed by atoms with E-state index >= 15 is 0 Å². The van der Waals surface area contributed by atoms with E-state index in [1.165, 1.54) is 0 Å². The maximum Gasteiger partial charge on any atom is 0.258 e. The molecule has 6 nitrogen and oxygen atoms in total. The molecule has 4 rings (SSSR count). The molecule has 0 spiro atoms. The van der Waals surface area contributed by atoms with Crippen LogP contribution in [0.25, 0.3) is 33.9 Å². The number of aryl methyl sites for hydroxylation is 1. The summed E-state index contributed by atoms with van der Waals surface area (Å²) >= 11 is 0. The van der Waals surface area contributed by atoms with E-state index < -0.39 is 0 Å². The molecule has 4 aromatic rings. The van der Waals surface area contributed by atoms with Crippen molar-refractivity contribution in [3.8, 4) is 28.6 Å². The number of methoxy groups -OCH3 is 1. The zero-order valence-corrected chi connectivity index (χ0v) is 15.2. The Bertz CT molecular complexity index is 1080. The summed E-state index contributed by atoms with van der Waals surface area (Å²) in [7, 11) is 1.65. The first-order valence-electron chi connectivity index (χ1n) is 8.52. The van der Waals surface area contributed by atoms with Crippen molar-refractivity contribution >= 4 is 11.0 Å². The fraction of sp³-hybridized carbons (Fsp3) is 0.250. The monoisotopic (exact) mass is 348 g/mol. The molecule has 0 aliphatic heterocycles. The van der Waals surface area contributed by atoms with Crippen LogP contribution in [0.2, 0.25) is 0 Å². The molecule has 0 N–H and O–H groups in total. The van der Waals surface area contributed by atoms with Crippen LogP contribution in [-0.2, 0) is 0 Å². The number of aromatic nitrogens is 4. The Morgan fingerprint density at radius 1 is 1.12 bits per heavy atom. The largest absolute Gasteiger partial charge is 0.497 e. The minimum Gasteiger partial charge on any atom is -0.497 e. The number of nitrogens with zero attached hydrogens (tertiary/aromatic N) is 4. The zero-order chi connectivity index (χ0) is 18.3. The first-order chi connectivity index (χ1) is 12.6. The number of imidazole rings is 1. The second-order valence-corrected chi connectivity index (χ2v) is 6.55. The quantitative estimate of drug-likeness (QED) is 0.537. The zero-order valence-electron chi connectivity index (χ0n) is 15.2. The maximum atomic E-state index is 5.51. The van der Waals surface area contributed by atoms with Crippen molar-refractivity contribution in [2.75, 3.05) is 7.11 Å². The minimum absolute atomic E-state index is 0.332. The van der Waals surface area contributed by atoms with Crippen molar-refractivity contribution in [3.05, 3.63) is 48.3 Å². The van der Waals surface area contributed by atoms with Gasteiger partial charge in [-0.1, -0.05) is 5.16 Å². The van der Waals surface area contributed by atoms with Gasteiger partial charge in [-0.25, -0.2) is 4.98 Å². The Morgan fingerprint density at radius 3 is 2.69 bits per heavy atom. The molecule has 0 atom stereocenters. The maximum absolute atomic E-state index is 5.51. The Morgan fingerprint density at radius 2 is 1.96 bits per heavy atom. The summed E-state index contributed by atoms with van der Waals surface area (Å²) in [4.78, 5) is 9.03. The first-order valence-corrected chi connectivity index (χ1v) is 8.52. The second-order valence-electron chi connectivity index (χ2n) is 6.55. The molecule has 0 aliphatic rings. The highest BCUT2D eigenvalue weighted by molar-refractivity contribution is 5.81. The lowest BCUT2D eigenvalue weighted by Gasteiger charge is -2.08. The van der Waals surface area contributed by atoms with E-state index in [0.29, 0.717) is 17.8 Å². The van der Waals surface area contributed by atoms with Crippen LogP contribution in [0.15, 0.2) is 47.2 Å². The number of ether oxygens (including phenoxy) is 1. The number of benzene rings is 2. The van der Waals surface area contributed by atoms with Crippen LogP contribution in [-0.4, -0.2) is 26.8 Å². The van der Waals surface area contributed by atoms with E-state index in [2.05, 4.69) is 39.6 Å². The SMILES string of the molecule is COc1ccc(-c2nc(-c3ccc4ncn(C(C)C)c4c3)no2)c(C)c1. The Labute approximate surface area is 151 Å². The highest BCUT2D eigenvalue weighted by Crippen LogP contribution is 2.29. The lowest BCUT2D eigenvalue weighted by molar-refractivity contribution is 0.414. The first kappa shape index (κ1) is 16.3. The second kappa shape index (κ2) is 6.29. The van der Waals surface area contributed by atoms with Crippen LogP contribution in [0.1, 0.15) is 25.5 Å². The van der Waals surface area contributed by atoms with E-state index in [4.69, 9.17) is 9.26 Å². The van der Waals surface area contributed by atoms with E-state index in [1.807, 2.05) is 43.6 Å². The van der Waals surface area contributed by atoms with Gasteiger partial charge < -0.3 is 13.8 Å². The predicted molar refractivity (Wildman–Crippen MR) is 100 cm³/mol. The fourth-order valence-electron chi connectivity index (χ4n) is 3.03. The molecule has 0 saturated carbocycles. The van der Waals surface area contributed by atoms with Crippen LogP contribution in [0.4, 0.5) is 0 Å². The summed E-state index contributed by atoms with van der Waals surface area (Å²) in [6.07, 6.45) is 1.86. The number of rotatable bonds is 4. The van der Waals surface area contributed by atoms with Gasteiger partial charge in [0.15, 0.2) is 0 Å². The van der Waals surface area contributed by atoms with Gasteiger partial charge in [0.2, 0.25) is 5.82 Å². The van der Waals surface area contributed by atoms with E-state index in [-0.39, 0.29) is 0 Å². The van der Waals surface area contributed by atoms with Gasteiger partial charge in [0.05, 0.1) is 24.5 Å². The number of fused-ring (bicyclic) bond motifs is 1. The Hall–Kier alpha value is -3.15. The van der Waals surface area contributed by atoms with Gasteiger partial charge in [0.25, 0.3) is 5.89 Å². The van der Waals surface area contributed by atoms with Crippen LogP contribution < -0.4 is 4.74 Å². The number of hydrogen-bond donors (Lipinski definition) is 0. The molecule has 0 fully saturated rings. The molecule has 2 aromatic heterocycles. The molecule has 0 unspecified atom stereocenters. The third-order valence-electron chi connectivity index (χ3n) is 4.48. The molecule has 132 valence electrons. The van der Waals surface area contributed by atoms with Gasteiger partial charge in [0, 0.05) is 17.2 Å². The molecule has 26 heavy (non-hydrogen) atoms. The Kier molecular flexibility index (Phi) is 3.95. The van der Waals surface area contributed by atoms with E-state index in [0.717, 1.165) is 33.5 Å². The van der Waals surface area contributed by atoms with Gasteiger partial charge in [-0.15, -0.1) is 0 Å². The fourth-order valence-corrected chi connectivity index (χ4v) is 3.03. The van der Waals surface area contributed by atoms with Crippen molar-refractivity contribution in [1.82, 2.24) is 19.7 Å². The van der Waals surface area contributed by atoms with E-state index in [9.17, 15) is 0 Å². The lowest BCUT2D eigenvalue weighted by Crippen LogP contribution is -1.98. The van der Waals surface area contributed by atoms with Gasteiger partial charge >= 0.3 is 0 Å². The topological polar surface area (TPSA) is 66.0 Å². The third-order valence-corrected chi connectivity index (χ3v) is 4.48. The molecule has 0 saturated heterocycles. The molecule has 0 radical (unpaired) electrons. The van der Waals surface area contributed by atoms with Crippen LogP contribution in [0, 0.1) is 6.92 Å². The highest BCUT2D eigenvalue weighted by atomic mass is 16.5. The van der Waals surface area contributed by atoms with Crippen molar-refractivity contribution in [2.24, 2.45) is 0 Å². The summed E-state index contributed by atoms with van der Waals surface area (Å²) < 4.78 is 12.9. The molecular formula is C20H20N4O2. The van der Waals surface area contributed by atoms with Crippen molar-refractivity contribution in [3.63, 3.8) is 0 Å². The van der Waals surface area contributed by atoms with Gasteiger partial charge in [-0.2, -0.15) is 4.98 Å². The average molecular weight is 348 g/mol. The lowest BCUT2D eigenvalue weighted by atomic mass is 10.1. The molecule has 0 bridgehead atoms. The molecule has 6 heteroatoms. The Balaban J connectivity index is 1.74. The van der Waals surface area contributed by atoms with Gasteiger partial charge in [-0.3, -0.25) is 0 Å². The highest BCUT2D eigenvalue weighted by Gasteiger charge is 2.15. The summed E-state index contributed by atoms with van der Waals surface area (Å²) in [6.45, 7) is 6.26. The normalized spacial score (nSPS) is 11.4. The molecule has 0 amide bonds. The van der Waals surface area contributed by atoms with E-state index in [1.54, 1.807) is 7.11 Å². The predicted octanol–water partition coefficient (Wildman–Crippen LogP) is 4.65. The van der Waals surface area contributed by atoms with Crippen molar-refractivity contribution in [1.29, 1.82) is 0 Å². The molecule has 0 aliphatic carbocycles. The van der Waals surface area contributed by atoms with Gasteiger partial charge in [-0.05, 0) is 62.7 Å². The smallest absolute Gasteiger partial charge is 0.258 e. The van der Waals surface area contributed by atoms with Crippen molar-refractivity contribution in [2.45, 2.75) is 26.8 Å². The van der Waals surface area contributed by atoms with Gasteiger partial charge in [0.1, 0.15) is 5.75 Å². The summed E-state index contributed by atoms with van der Waals surface area (Å²) in [6, 6.07) is 12.1. The number of hydrogen-bond acceptors (Lipinski definition) is 5. The van der Waals surface area contributed by atoms with Crippen LogP contribution in [0.3, 0.4) is 0 Å². The molecule has 2 aromatic carbocycles. The average Bonchev–Trinajstić information content (AvgIpc) is 3.28. The summed E-state index contributed by atoms with van der Waals surface area (Å²) in [5.74, 6) is 1.87. The molecular weight excluding hydrogens is 328 g/mol.